The molecule has 0 atom stereocenters. The Morgan fingerprint density at radius 1 is 1.06 bits per heavy atom. The summed E-state index contributed by atoms with van der Waals surface area (Å²) in [5, 5.41) is 21.1. The molecule has 0 aromatic heterocycles. The molecule has 0 radical (unpaired) electrons. The maximum absolute atomic E-state index is 13.3. The Labute approximate surface area is 103 Å². The zero-order valence-electron chi connectivity index (χ0n) is 10.0. The minimum atomic E-state index is -1.25. The van der Waals surface area contributed by atoms with E-state index in [0.29, 0.717) is 12.5 Å². The third-order valence-corrected chi connectivity index (χ3v) is 3.03. The first kappa shape index (κ1) is 14.9. The van der Waals surface area contributed by atoms with Crippen LogP contribution in [0.15, 0.2) is 12.1 Å². The molecule has 0 aliphatic rings. The molecule has 0 bridgehead atoms. The summed E-state index contributed by atoms with van der Waals surface area (Å²) < 4.78 is 39.0. The lowest BCUT2D eigenvalue weighted by Gasteiger charge is -2.30. The van der Waals surface area contributed by atoms with E-state index in [0.717, 1.165) is 6.07 Å². The average Bonchev–Trinajstić information content (AvgIpc) is 2.37. The van der Waals surface area contributed by atoms with Crippen molar-refractivity contribution in [3.05, 3.63) is 35.1 Å². The van der Waals surface area contributed by atoms with E-state index in [4.69, 9.17) is 0 Å². The highest BCUT2D eigenvalue weighted by molar-refractivity contribution is 5.20. The Morgan fingerprint density at radius 2 is 1.61 bits per heavy atom. The minimum absolute atomic E-state index is 0.0615. The molecular formula is C12H16F3NO2. The number of rotatable bonds is 6. The van der Waals surface area contributed by atoms with E-state index in [-0.39, 0.29) is 25.3 Å². The maximum atomic E-state index is 13.3. The highest BCUT2D eigenvalue weighted by Gasteiger charge is 2.26. The van der Waals surface area contributed by atoms with E-state index in [9.17, 15) is 23.4 Å². The molecule has 1 aromatic carbocycles. The second-order valence-corrected chi connectivity index (χ2v) is 4.16. The Morgan fingerprint density at radius 3 is 2.11 bits per heavy atom. The van der Waals surface area contributed by atoms with Crippen molar-refractivity contribution in [2.75, 3.05) is 13.2 Å². The van der Waals surface area contributed by atoms with Gasteiger partial charge in [0, 0.05) is 18.2 Å². The molecule has 0 aliphatic carbocycles. The van der Waals surface area contributed by atoms with Gasteiger partial charge in [-0.1, -0.05) is 6.92 Å². The van der Waals surface area contributed by atoms with E-state index in [1.54, 1.807) is 6.92 Å². The number of nitrogens with one attached hydrogen (secondary N) is 1. The molecule has 1 aromatic rings. The quantitative estimate of drug-likeness (QED) is 0.679. The normalized spacial score (nSPS) is 11.9. The molecule has 0 saturated carbocycles. The van der Waals surface area contributed by atoms with Crippen LogP contribution in [0.4, 0.5) is 13.2 Å². The lowest BCUT2D eigenvalue weighted by molar-refractivity contribution is 0.0861. The molecule has 0 unspecified atom stereocenters. The van der Waals surface area contributed by atoms with Gasteiger partial charge in [-0.15, -0.1) is 0 Å². The van der Waals surface area contributed by atoms with Gasteiger partial charge in [-0.2, -0.15) is 0 Å². The van der Waals surface area contributed by atoms with Crippen molar-refractivity contribution in [3.8, 4) is 0 Å². The predicted molar refractivity (Wildman–Crippen MR) is 60.3 cm³/mol. The Kier molecular flexibility index (Phi) is 5.13. The molecular weight excluding hydrogens is 247 g/mol. The van der Waals surface area contributed by atoms with Crippen molar-refractivity contribution in [1.29, 1.82) is 0 Å². The zero-order chi connectivity index (χ0) is 13.8. The van der Waals surface area contributed by atoms with Crippen LogP contribution in [0.25, 0.3) is 0 Å². The smallest absolute Gasteiger partial charge is 0.161 e. The summed E-state index contributed by atoms with van der Waals surface area (Å²) in [7, 11) is 0. The second kappa shape index (κ2) is 6.17. The van der Waals surface area contributed by atoms with Crippen molar-refractivity contribution in [1.82, 2.24) is 5.32 Å². The van der Waals surface area contributed by atoms with Gasteiger partial charge in [0.25, 0.3) is 0 Å². The van der Waals surface area contributed by atoms with Gasteiger partial charge in [0.1, 0.15) is 5.82 Å². The number of hydrogen-bond donors (Lipinski definition) is 3. The van der Waals surface area contributed by atoms with Crippen LogP contribution >= 0.6 is 0 Å². The van der Waals surface area contributed by atoms with E-state index >= 15 is 0 Å². The van der Waals surface area contributed by atoms with Gasteiger partial charge in [0.2, 0.25) is 0 Å². The topological polar surface area (TPSA) is 52.5 Å². The van der Waals surface area contributed by atoms with Gasteiger partial charge in [0.15, 0.2) is 11.6 Å². The summed E-state index contributed by atoms with van der Waals surface area (Å²) >= 11 is 0. The fraction of sp³-hybridized carbons (Fsp3) is 0.500. The minimum Gasteiger partial charge on any atom is -0.394 e. The van der Waals surface area contributed by atoms with E-state index in [2.05, 4.69) is 5.32 Å². The zero-order valence-corrected chi connectivity index (χ0v) is 10.0. The van der Waals surface area contributed by atoms with Crippen LogP contribution in [0.3, 0.4) is 0 Å². The fourth-order valence-electron chi connectivity index (χ4n) is 1.49. The molecule has 0 saturated heterocycles. The third-order valence-electron chi connectivity index (χ3n) is 3.03. The maximum Gasteiger partial charge on any atom is 0.161 e. The van der Waals surface area contributed by atoms with Crippen LogP contribution in [0.2, 0.25) is 0 Å². The number of hydrogen-bond acceptors (Lipinski definition) is 3. The van der Waals surface area contributed by atoms with Gasteiger partial charge in [0.05, 0.1) is 18.8 Å². The second-order valence-electron chi connectivity index (χ2n) is 4.16. The van der Waals surface area contributed by atoms with E-state index in [1.165, 1.54) is 0 Å². The fourth-order valence-corrected chi connectivity index (χ4v) is 1.49. The number of benzene rings is 1. The van der Waals surface area contributed by atoms with E-state index < -0.39 is 23.0 Å². The van der Waals surface area contributed by atoms with Gasteiger partial charge < -0.3 is 15.5 Å². The molecule has 6 heteroatoms. The van der Waals surface area contributed by atoms with Crippen molar-refractivity contribution in [3.63, 3.8) is 0 Å². The van der Waals surface area contributed by atoms with Crippen molar-refractivity contribution < 1.29 is 23.4 Å². The monoisotopic (exact) mass is 263 g/mol. The van der Waals surface area contributed by atoms with Crippen molar-refractivity contribution in [2.45, 2.75) is 25.4 Å². The summed E-state index contributed by atoms with van der Waals surface area (Å²) in [6, 6.07) is 1.23. The first-order chi connectivity index (χ1) is 8.48. The summed E-state index contributed by atoms with van der Waals surface area (Å²) in [5.41, 5.74) is -1.02. The van der Waals surface area contributed by atoms with Crippen LogP contribution in [-0.2, 0) is 6.54 Å². The molecule has 0 fully saturated rings. The number of halogens is 3. The standard InChI is InChI=1S/C12H16F3NO2/c1-2-12(6-17,7-18)16-5-8-3-10(14)11(15)4-9(8)13/h3-4,16-18H,2,5-7H2,1H3. The number of aliphatic hydroxyl groups excluding tert-OH is 2. The largest absolute Gasteiger partial charge is 0.394 e. The van der Waals surface area contributed by atoms with Crippen LogP contribution < -0.4 is 5.32 Å². The first-order valence-electron chi connectivity index (χ1n) is 5.58. The first-order valence-corrected chi connectivity index (χ1v) is 5.58. The van der Waals surface area contributed by atoms with Crippen LogP contribution in [0.5, 0.6) is 0 Å². The van der Waals surface area contributed by atoms with Gasteiger partial charge in [-0.3, -0.25) is 0 Å². The molecule has 0 aliphatic heterocycles. The molecule has 0 spiro atoms. The van der Waals surface area contributed by atoms with Crippen molar-refractivity contribution >= 4 is 0 Å². The van der Waals surface area contributed by atoms with Crippen LogP contribution in [0, 0.1) is 17.5 Å². The van der Waals surface area contributed by atoms with Gasteiger partial charge >= 0.3 is 0 Å². The molecule has 18 heavy (non-hydrogen) atoms. The summed E-state index contributed by atoms with van der Waals surface area (Å²) in [5.74, 6) is -3.26. The van der Waals surface area contributed by atoms with Gasteiger partial charge in [-0.25, -0.2) is 13.2 Å². The third kappa shape index (κ3) is 3.22. The average molecular weight is 263 g/mol. The highest BCUT2D eigenvalue weighted by atomic mass is 19.2. The Bertz CT molecular complexity index is 400. The van der Waals surface area contributed by atoms with Gasteiger partial charge in [-0.05, 0) is 12.5 Å². The summed E-state index contributed by atoms with van der Waals surface area (Å²) in [6.45, 7) is 0.940. The number of aliphatic hydroxyl groups is 2. The predicted octanol–water partition coefficient (Wildman–Crippen LogP) is 1.33. The van der Waals surface area contributed by atoms with Crippen LogP contribution in [0.1, 0.15) is 18.9 Å². The summed E-state index contributed by atoms with van der Waals surface area (Å²) in [6.07, 6.45) is 0.408. The lowest BCUT2D eigenvalue weighted by atomic mass is 9.98. The summed E-state index contributed by atoms with van der Waals surface area (Å²) in [4.78, 5) is 0. The highest BCUT2D eigenvalue weighted by Crippen LogP contribution is 2.16. The lowest BCUT2D eigenvalue weighted by Crippen LogP contribution is -2.50. The molecule has 0 amide bonds. The Balaban J connectivity index is 2.83. The van der Waals surface area contributed by atoms with E-state index in [1.807, 2.05) is 0 Å². The van der Waals surface area contributed by atoms with Crippen molar-refractivity contribution in [2.24, 2.45) is 0 Å². The Hall–Kier alpha value is -1.11. The van der Waals surface area contributed by atoms with Crippen LogP contribution in [-0.4, -0.2) is 29.0 Å². The molecule has 3 N–H and O–H groups in total. The molecule has 1 rings (SSSR count). The molecule has 102 valence electrons. The molecule has 0 heterocycles. The SMILES string of the molecule is CCC(CO)(CO)NCc1cc(F)c(F)cc1F. The molecule has 3 nitrogen and oxygen atoms in total.